The van der Waals surface area contributed by atoms with Gasteiger partial charge in [0.05, 0.1) is 17.9 Å². The minimum atomic E-state index is -0.478. The highest BCUT2D eigenvalue weighted by Gasteiger charge is 2.19. The van der Waals surface area contributed by atoms with Gasteiger partial charge in [0, 0.05) is 24.5 Å². The maximum atomic E-state index is 14.4. The molecule has 1 aliphatic rings. The summed E-state index contributed by atoms with van der Waals surface area (Å²) in [5.41, 5.74) is 0.826. The average molecular weight is 326 g/mol. The van der Waals surface area contributed by atoms with Crippen LogP contribution in [0.4, 0.5) is 10.3 Å². The van der Waals surface area contributed by atoms with E-state index in [0.717, 1.165) is 37.0 Å². The molecular formula is C17H19FN6. The molecule has 2 aromatic heterocycles. The van der Waals surface area contributed by atoms with Gasteiger partial charge in [0.1, 0.15) is 0 Å². The van der Waals surface area contributed by atoms with E-state index in [1.807, 2.05) is 24.3 Å². The third kappa shape index (κ3) is 2.71. The molecule has 3 aromatic rings. The highest BCUT2D eigenvalue weighted by molar-refractivity contribution is 5.79. The monoisotopic (exact) mass is 326 g/mol. The van der Waals surface area contributed by atoms with Crippen LogP contribution in [0.3, 0.4) is 0 Å². The van der Waals surface area contributed by atoms with Crippen molar-refractivity contribution in [2.45, 2.75) is 19.4 Å². The summed E-state index contributed by atoms with van der Waals surface area (Å²) in [6.45, 7) is 4.74. The number of nitrogens with zero attached hydrogens (tertiary/aromatic N) is 5. The van der Waals surface area contributed by atoms with Crippen LogP contribution in [0, 0.1) is 5.82 Å². The zero-order chi connectivity index (χ0) is 16.5. The summed E-state index contributed by atoms with van der Waals surface area (Å²) in [6.07, 6.45) is 3.96. The molecule has 0 aliphatic carbocycles. The van der Waals surface area contributed by atoms with E-state index in [1.165, 1.54) is 10.9 Å². The summed E-state index contributed by atoms with van der Waals surface area (Å²) < 4.78 is 15.9. The van der Waals surface area contributed by atoms with Crippen molar-refractivity contribution in [3.05, 3.63) is 42.5 Å². The highest BCUT2D eigenvalue weighted by Crippen LogP contribution is 2.20. The largest absolute Gasteiger partial charge is 0.339 e. The molecule has 1 aromatic carbocycles. The van der Waals surface area contributed by atoms with Gasteiger partial charge in [-0.3, -0.25) is 0 Å². The Hall–Kier alpha value is -2.54. The van der Waals surface area contributed by atoms with Crippen molar-refractivity contribution in [1.82, 2.24) is 25.1 Å². The second-order valence-corrected chi connectivity index (χ2v) is 6.11. The first kappa shape index (κ1) is 15.0. The Bertz CT molecular complexity index is 861. The predicted molar refractivity (Wildman–Crippen MR) is 90.9 cm³/mol. The summed E-state index contributed by atoms with van der Waals surface area (Å²) in [4.78, 5) is 10.8. The highest BCUT2D eigenvalue weighted by atomic mass is 19.1. The molecule has 0 amide bonds. The van der Waals surface area contributed by atoms with Crippen LogP contribution in [0.15, 0.2) is 36.7 Å². The summed E-state index contributed by atoms with van der Waals surface area (Å²) in [5, 5.41) is 8.68. The van der Waals surface area contributed by atoms with Crippen LogP contribution in [0.5, 0.6) is 0 Å². The molecule has 6 nitrogen and oxygen atoms in total. The normalized spacial score (nSPS) is 18.8. The van der Waals surface area contributed by atoms with Crippen molar-refractivity contribution < 1.29 is 4.39 Å². The minimum absolute atomic E-state index is 0.186. The fraction of sp³-hybridized carbons (Fsp3) is 0.353. The average Bonchev–Trinajstić information content (AvgIpc) is 2.90. The van der Waals surface area contributed by atoms with Crippen molar-refractivity contribution in [2.24, 2.45) is 0 Å². The summed E-state index contributed by atoms with van der Waals surface area (Å²) in [6, 6.07) is 8.03. The van der Waals surface area contributed by atoms with Gasteiger partial charge in [-0.25, -0.2) is 14.1 Å². The number of para-hydroxylation sites is 1. The molecule has 1 N–H and O–H groups in total. The van der Waals surface area contributed by atoms with Crippen molar-refractivity contribution in [3.63, 3.8) is 0 Å². The number of nitrogens with one attached hydrogen (secondary N) is 1. The molecule has 1 aliphatic heterocycles. The van der Waals surface area contributed by atoms with Crippen LogP contribution in [0.25, 0.3) is 16.7 Å². The lowest BCUT2D eigenvalue weighted by molar-refractivity contribution is 0.576. The molecule has 124 valence electrons. The van der Waals surface area contributed by atoms with Gasteiger partial charge in [0.25, 0.3) is 0 Å². The van der Waals surface area contributed by atoms with Crippen molar-refractivity contribution in [2.75, 3.05) is 24.5 Å². The number of hydrogen-bond acceptors (Lipinski definition) is 5. The Morgan fingerprint density at radius 3 is 3.04 bits per heavy atom. The number of rotatable bonds is 2. The zero-order valence-corrected chi connectivity index (χ0v) is 13.5. The first-order valence-electron chi connectivity index (χ1n) is 8.16. The van der Waals surface area contributed by atoms with E-state index >= 15 is 0 Å². The van der Waals surface area contributed by atoms with E-state index in [-0.39, 0.29) is 5.82 Å². The Kier molecular flexibility index (Phi) is 3.86. The lowest BCUT2D eigenvalue weighted by atomic mass is 10.2. The second kappa shape index (κ2) is 6.16. The smallest absolute Gasteiger partial charge is 0.227 e. The SMILES string of the molecule is CC1CN(c2ncc(F)c(-n3ncc4ccccc43)n2)CCCN1. The van der Waals surface area contributed by atoms with Gasteiger partial charge in [-0.1, -0.05) is 18.2 Å². The summed E-state index contributed by atoms with van der Waals surface area (Å²) in [5.74, 6) is 0.251. The first-order valence-corrected chi connectivity index (χ1v) is 8.16. The summed E-state index contributed by atoms with van der Waals surface area (Å²) >= 11 is 0. The first-order chi connectivity index (χ1) is 11.7. The predicted octanol–water partition coefficient (Wildman–Crippen LogP) is 2.14. The Labute approximate surface area is 139 Å². The number of halogens is 1. The minimum Gasteiger partial charge on any atom is -0.339 e. The molecule has 4 rings (SSSR count). The Morgan fingerprint density at radius 1 is 1.25 bits per heavy atom. The standard InChI is InChI=1S/C17H19FN6/c1-12-11-23(8-4-7-19-12)17-20-10-14(18)16(22-17)24-15-6-3-2-5-13(15)9-21-24/h2-3,5-6,9-10,12,19H,4,7-8,11H2,1H3. The van der Waals surface area contributed by atoms with E-state index in [0.29, 0.717) is 12.0 Å². The molecule has 1 fully saturated rings. The molecular weight excluding hydrogens is 307 g/mol. The maximum Gasteiger partial charge on any atom is 0.227 e. The topological polar surface area (TPSA) is 58.9 Å². The summed E-state index contributed by atoms with van der Waals surface area (Å²) in [7, 11) is 0. The maximum absolute atomic E-state index is 14.4. The number of aromatic nitrogens is 4. The molecule has 24 heavy (non-hydrogen) atoms. The van der Waals surface area contributed by atoms with Crippen LogP contribution in [-0.2, 0) is 0 Å². The number of anilines is 1. The Balaban J connectivity index is 1.76. The quantitative estimate of drug-likeness (QED) is 0.782. The van der Waals surface area contributed by atoms with Gasteiger partial charge < -0.3 is 10.2 Å². The lowest BCUT2D eigenvalue weighted by Gasteiger charge is -2.22. The molecule has 0 bridgehead atoms. The fourth-order valence-electron chi connectivity index (χ4n) is 3.08. The molecule has 7 heteroatoms. The Morgan fingerprint density at radius 2 is 2.12 bits per heavy atom. The number of fused-ring (bicyclic) bond motifs is 1. The second-order valence-electron chi connectivity index (χ2n) is 6.11. The van der Waals surface area contributed by atoms with Crippen molar-refractivity contribution in [3.8, 4) is 5.82 Å². The van der Waals surface area contributed by atoms with Crippen LogP contribution in [0.2, 0.25) is 0 Å². The van der Waals surface area contributed by atoms with E-state index in [9.17, 15) is 4.39 Å². The molecule has 0 saturated carbocycles. The van der Waals surface area contributed by atoms with E-state index in [1.54, 1.807) is 6.20 Å². The zero-order valence-electron chi connectivity index (χ0n) is 13.5. The lowest BCUT2D eigenvalue weighted by Crippen LogP contribution is -2.36. The molecule has 0 spiro atoms. The van der Waals surface area contributed by atoms with E-state index < -0.39 is 5.82 Å². The third-order valence-electron chi connectivity index (χ3n) is 4.27. The fourth-order valence-corrected chi connectivity index (χ4v) is 3.08. The van der Waals surface area contributed by atoms with Gasteiger partial charge in [0.2, 0.25) is 5.95 Å². The van der Waals surface area contributed by atoms with Crippen LogP contribution >= 0.6 is 0 Å². The van der Waals surface area contributed by atoms with Crippen LogP contribution in [0.1, 0.15) is 13.3 Å². The van der Waals surface area contributed by atoms with Crippen molar-refractivity contribution in [1.29, 1.82) is 0 Å². The molecule has 1 unspecified atom stereocenters. The van der Waals surface area contributed by atoms with E-state index in [4.69, 9.17) is 0 Å². The van der Waals surface area contributed by atoms with Gasteiger partial charge in [-0.05, 0) is 26.0 Å². The molecule has 0 radical (unpaired) electrons. The van der Waals surface area contributed by atoms with Gasteiger partial charge in [-0.2, -0.15) is 10.1 Å². The number of benzene rings is 1. The van der Waals surface area contributed by atoms with Crippen molar-refractivity contribution >= 4 is 16.9 Å². The van der Waals surface area contributed by atoms with Gasteiger partial charge in [0.15, 0.2) is 11.6 Å². The van der Waals surface area contributed by atoms with E-state index in [2.05, 4.69) is 32.2 Å². The number of hydrogen-bond donors (Lipinski definition) is 1. The molecule has 3 heterocycles. The third-order valence-corrected chi connectivity index (χ3v) is 4.27. The van der Waals surface area contributed by atoms with Gasteiger partial charge >= 0.3 is 0 Å². The van der Waals surface area contributed by atoms with Gasteiger partial charge in [-0.15, -0.1) is 0 Å². The molecule has 1 atom stereocenters. The van der Waals surface area contributed by atoms with Crippen LogP contribution < -0.4 is 10.2 Å². The molecule has 1 saturated heterocycles. The van der Waals surface area contributed by atoms with Crippen LogP contribution in [-0.4, -0.2) is 45.4 Å².